The molecule has 2 aromatic heterocycles. The highest BCUT2D eigenvalue weighted by Crippen LogP contribution is 2.48. The van der Waals surface area contributed by atoms with E-state index in [4.69, 9.17) is 21.1 Å². The molecule has 0 bridgehead atoms. The molecule has 2 heterocycles. The normalized spacial score (nSPS) is 14.8. The number of fused-ring (bicyclic) bond motifs is 1. The van der Waals surface area contributed by atoms with Crippen LogP contribution < -0.4 is 10.1 Å². The van der Waals surface area contributed by atoms with Crippen LogP contribution in [0.15, 0.2) is 66.9 Å². The van der Waals surface area contributed by atoms with E-state index in [0.29, 0.717) is 10.7 Å². The minimum Gasteiger partial charge on any atom is -0.497 e. The van der Waals surface area contributed by atoms with Crippen LogP contribution in [0.3, 0.4) is 0 Å². The maximum atomic E-state index is 12.7. The number of nitrogens with one attached hydrogen (secondary N) is 1. The molecule has 0 unspecified atom stereocenters. The highest BCUT2D eigenvalue weighted by atomic mass is 35.5. The van der Waals surface area contributed by atoms with Crippen molar-refractivity contribution in [3.05, 3.63) is 94.4 Å². The highest BCUT2D eigenvalue weighted by Gasteiger charge is 2.44. The number of carbonyl (C=O) groups excluding carboxylic acids is 1. The molecule has 8 heteroatoms. The number of aromatic nitrogens is 3. The van der Waals surface area contributed by atoms with E-state index in [1.807, 2.05) is 68.6 Å². The molecule has 5 rings (SSSR count). The van der Waals surface area contributed by atoms with Crippen molar-refractivity contribution in [2.24, 2.45) is 0 Å². The number of halogens is 1. The number of amides is 1. The molecule has 0 saturated heterocycles. The van der Waals surface area contributed by atoms with Gasteiger partial charge in [-0.3, -0.25) is 4.40 Å². The fourth-order valence-corrected chi connectivity index (χ4v) is 5.03. The molecule has 1 N–H and O–H groups in total. The molecule has 1 amide bonds. The fourth-order valence-electron chi connectivity index (χ4n) is 4.90. The number of hydrogen-bond donors (Lipinski definition) is 1. The molecule has 36 heavy (non-hydrogen) atoms. The zero-order valence-electron chi connectivity index (χ0n) is 20.6. The van der Waals surface area contributed by atoms with E-state index in [-0.39, 0.29) is 12.0 Å². The molecule has 1 aliphatic rings. The Morgan fingerprint density at radius 1 is 1.08 bits per heavy atom. The van der Waals surface area contributed by atoms with Gasteiger partial charge in [-0.1, -0.05) is 48.4 Å². The van der Waals surface area contributed by atoms with E-state index in [1.165, 1.54) is 5.56 Å². The second kappa shape index (κ2) is 9.47. The van der Waals surface area contributed by atoms with E-state index in [0.717, 1.165) is 42.0 Å². The first-order valence-electron chi connectivity index (χ1n) is 12.0. The lowest BCUT2D eigenvalue weighted by atomic mass is 9.64. The van der Waals surface area contributed by atoms with Gasteiger partial charge in [0.1, 0.15) is 18.2 Å². The Bertz CT molecular complexity index is 1380. The maximum Gasteiger partial charge on any atom is 0.408 e. The van der Waals surface area contributed by atoms with Crippen LogP contribution in [-0.2, 0) is 22.3 Å². The minimum absolute atomic E-state index is 0.162. The molecule has 4 aromatic rings. The van der Waals surface area contributed by atoms with Crippen molar-refractivity contribution in [2.45, 2.75) is 50.7 Å². The van der Waals surface area contributed by atoms with Gasteiger partial charge in [-0.25, -0.2) is 4.79 Å². The van der Waals surface area contributed by atoms with Crippen molar-refractivity contribution >= 4 is 23.3 Å². The maximum absolute atomic E-state index is 12.7. The van der Waals surface area contributed by atoms with Crippen molar-refractivity contribution < 1.29 is 14.3 Å². The van der Waals surface area contributed by atoms with E-state index in [2.05, 4.69) is 32.0 Å². The monoisotopic (exact) mass is 504 g/mol. The summed E-state index contributed by atoms with van der Waals surface area (Å²) in [6, 6.07) is 19.4. The van der Waals surface area contributed by atoms with Crippen molar-refractivity contribution in [3.63, 3.8) is 0 Å². The Hall–Kier alpha value is -3.58. The van der Waals surface area contributed by atoms with Crippen LogP contribution in [0.25, 0.3) is 5.65 Å². The minimum atomic E-state index is -0.739. The summed E-state index contributed by atoms with van der Waals surface area (Å²) in [5.41, 5.74) is 2.70. The Labute approximate surface area is 215 Å². The molecule has 0 aliphatic heterocycles. The third kappa shape index (κ3) is 4.39. The number of rotatable bonds is 7. The Morgan fingerprint density at radius 2 is 1.81 bits per heavy atom. The van der Waals surface area contributed by atoms with Gasteiger partial charge in [-0.05, 0) is 68.1 Å². The Kier molecular flexibility index (Phi) is 6.35. The van der Waals surface area contributed by atoms with Gasteiger partial charge in [0, 0.05) is 16.8 Å². The summed E-state index contributed by atoms with van der Waals surface area (Å²) in [6.07, 6.45) is 4.61. The predicted molar refractivity (Wildman–Crippen MR) is 138 cm³/mol. The van der Waals surface area contributed by atoms with Gasteiger partial charge >= 0.3 is 6.09 Å². The summed E-state index contributed by atoms with van der Waals surface area (Å²) >= 11 is 6.14. The molecular weight excluding hydrogens is 476 g/mol. The number of benzene rings is 2. The van der Waals surface area contributed by atoms with Gasteiger partial charge < -0.3 is 14.8 Å². The second-order valence-electron chi connectivity index (χ2n) is 9.76. The van der Waals surface area contributed by atoms with Crippen molar-refractivity contribution in [1.29, 1.82) is 0 Å². The van der Waals surface area contributed by atoms with Gasteiger partial charge in [-0.15, -0.1) is 10.2 Å². The molecule has 0 atom stereocenters. The van der Waals surface area contributed by atoms with Gasteiger partial charge in [0.05, 0.1) is 18.1 Å². The molecule has 7 nitrogen and oxygen atoms in total. The molecule has 1 aliphatic carbocycles. The molecule has 0 spiro atoms. The average molecular weight is 505 g/mol. The van der Waals surface area contributed by atoms with Crippen LogP contribution in [0.5, 0.6) is 5.75 Å². The van der Waals surface area contributed by atoms with Crippen LogP contribution in [-0.4, -0.2) is 27.8 Å². The lowest BCUT2D eigenvalue weighted by Crippen LogP contribution is -2.41. The predicted octanol–water partition coefficient (Wildman–Crippen LogP) is 6.02. The summed E-state index contributed by atoms with van der Waals surface area (Å²) in [5.74, 6) is 1.66. The quantitative estimate of drug-likeness (QED) is 0.333. The van der Waals surface area contributed by atoms with Crippen molar-refractivity contribution in [1.82, 2.24) is 19.9 Å². The summed E-state index contributed by atoms with van der Waals surface area (Å²) in [4.78, 5) is 12.7. The average Bonchev–Trinajstić information content (AvgIpc) is 3.27. The Morgan fingerprint density at radius 3 is 2.44 bits per heavy atom. The number of alkyl carbamates (subject to hydrolysis) is 1. The summed E-state index contributed by atoms with van der Waals surface area (Å²) in [6.45, 7) is 4.03. The first kappa shape index (κ1) is 24.1. The standard InChI is InChI=1S/C28H29ClN4O3/c1-27(2,30-26(34)36-18-19-7-13-22(35-3)14-8-19)23-6-4-17-33-24(23)31-32-25(33)28(15-5-16-28)20-9-11-21(29)12-10-20/h4,6-14,17H,5,15-16,18H2,1-3H3,(H,30,34). The first-order chi connectivity index (χ1) is 17.3. The highest BCUT2D eigenvalue weighted by molar-refractivity contribution is 6.30. The van der Waals surface area contributed by atoms with Crippen LogP contribution in [0, 0.1) is 0 Å². The van der Waals surface area contributed by atoms with Crippen LogP contribution >= 0.6 is 11.6 Å². The molecule has 1 fully saturated rings. The zero-order valence-corrected chi connectivity index (χ0v) is 21.4. The molecule has 1 saturated carbocycles. The number of carbonyl (C=O) groups is 1. The van der Waals surface area contributed by atoms with Gasteiger partial charge in [-0.2, -0.15) is 0 Å². The van der Waals surface area contributed by atoms with Gasteiger partial charge in [0.15, 0.2) is 5.65 Å². The summed E-state index contributed by atoms with van der Waals surface area (Å²) in [5, 5.41) is 12.9. The third-order valence-corrected chi connectivity index (χ3v) is 7.34. The summed E-state index contributed by atoms with van der Waals surface area (Å²) in [7, 11) is 1.61. The SMILES string of the molecule is COc1ccc(COC(=O)NC(C)(C)c2cccn3c(C4(c5ccc(Cl)cc5)CCC4)nnc23)cc1. The number of pyridine rings is 1. The lowest BCUT2D eigenvalue weighted by molar-refractivity contribution is 0.129. The second-order valence-corrected chi connectivity index (χ2v) is 10.2. The zero-order chi connectivity index (χ0) is 25.3. The fraction of sp³-hybridized carbons (Fsp3) is 0.321. The number of hydrogen-bond acceptors (Lipinski definition) is 5. The van der Waals surface area contributed by atoms with Crippen LogP contribution in [0.2, 0.25) is 5.02 Å². The smallest absolute Gasteiger partial charge is 0.408 e. The van der Waals surface area contributed by atoms with E-state index in [9.17, 15) is 4.79 Å². The molecule has 2 aromatic carbocycles. The van der Waals surface area contributed by atoms with E-state index >= 15 is 0 Å². The number of methoxy groups -OCH3 is 1. The van der Waals surface area contributed by atoms with E-state index in [1.54, 1.807) is 7.11 Å². The third-order valence-electron chi connectivity index (χ3n) is 7.08. The molecular formula is C28H29ClN4O3. The topological polar surface area (TPSA) is 77.8 Å². The number of nitrogens with zero attached hydrogens (tertiary/aromatic N) is 3. The largest absolute Gasteiger partial charge is 0.497 e. The first-order valence-corrected chi connectivity index (χ1v) is 12.4. The molecule has 186 valence electrons. The van der Waals surface area contributed by atoms with Crippen LogP contribution in [0.4, 0.5) is 4.79 Å². The van der Waals surface area contributed by atoms with Gasteiger partial charge in [0.25, 0.3) is 0 Å². The van der Waals surface area contributed by atoms with Crippen LogP contribution in [0.1, 0.15) is 55.6 Å². The lowest BCUT2D eigenvalue weighted by Gasteiger charge is -2.41. The van der Waals surface area contributed by atoms with E-state index < -0.39 is 11.6 Å². The summed E-state index contributed by atoms with van der Waals surface area (Å²) < 4.78 is 12.7. The van der Waals surface area contributed by atoms with Gasteiger partial charge in [0.2, 0.25) is 0 Å². The van der Waals surface area contributed by atoms with Crippen molar-refractivity contribution in [2.75, 3.05) is 7.11 Å². The Balaban J connectivity index is 1.38. The van der Waals surface area contributed by atoms with Crippen molar-refractivity contribution in [3.8, 4) is 5.75 Å². The molecule has 0 radical (unpaired) electrons. The number of ether oxygens (including phenoxy) is 2.